The van der Waals surface area contributed by atoms with Crippen LogP contribution in [0.2, 0.25) is 0 Å². The first-order valence-electron chi connectivity index (χ1n) is 6.66. The molecule has 3 N–H and O–H groups in total. The lowest BCUT2D eigenvalue weighted by Gasteiger charge is -2.17. The van der Waals surface area contributed by atoms with E-state index in [0.717, 1.165) is 19.3 Å². The van der Waals surface area contributed by atoms with Crippen molar-refractivity contribution in [2.75, 3.05) is 11.9 Å². The smallest absolute Gasteiger partial charge is 0.288 e. The number of nitrogens with two attached hydrogens (primary N) is 1. The molecule has 2 atom stereocenters. The second-order valence-electron chi connectivity index (χ2n) is 4.93. The molecule has 0 radical (unpaired) electrons. The van der Waals surface area contributed by atoms with Crippen molar-refractivity contribution in [2.24, 2.45) is 17.6 Å². The molecule has 0 saturated heterocycles. The number of carbonyl (C=O) groups is 1. The molecule has 1 aromatic rings. The molecule has 1 amide bonds. The van der Waals surface area contributed by atoms with Crippen LogP contribution in [-0.4, -0.2) is 18.2 Å². The van der Waals surface area contributed by atoms with E-state index in [4.69, 9.17) is 5.73 Å². The summed E-state index contributed by atoms with van der Waals surface area (Å²) in [5.41, 5.74) is 6.30. The summed E-state index contributed by atoms with van der Waals surface area (Å²) in [4.78, 5) is 12.6. The number of carbonyl (C=O) groups excluding carboxylic acids is 1. The van der Waals surface area contributed by atoms with E-state index < -0.39 is 5.76 Å². The van der Waals surface area contributed by atoms with E-state index in [2.05, 4.69) is 5.32 Å². The van der Waals surface area contributed by atoms with E-state index in [-0.39, 0.29) is 17.7 Å². The number of nitrogens with one attached hydrogen (secondary N) is 1. The van der Waals surface area contributed by atoms with E-state index in [1.54, 1.807) is 24.3 Å². The molecule has 20 heavy (non-hydrogen) atoms. The van der Waals surface area contributed by atoms with Gasteiger partial charge in [0.2, 0.25) is 5.91 Å². The Balaban J connectivity index is 1.94. The second kappa shape index (κ2) is 7.04. The summed E-state index contributed by atoms with van der Waals surface area (Å²) >= 11 is 0.493. The number of thioether (sulfide) groups is 1. The molecule has 1 aliphatic carbocycles. The molecule has 3 nitrogen and oxygen atoms in total. The standard InChI is InChI=1S/C14H18F2N2OS/c15-14(16)20-11-6-4-10(5-7-11)18-13(19)12-3-1-2-9(12)8-17/h4-7,9,12,14H,1-3,8,17H2,(H,18,19). The number of benzene rings is 1. The molecule has 1 aromatic carbocycles. The second-order valence-corrected chi connectivity index (χ2v) is 5.99. The summed E-state index contributed by atoms with van der Waals surface area (Å²) in [6, 6.07) is 6.47. The van der Waals surface area contributed by atoms with Crippen LogP contribution in [0, 0.1) is 11.8 Å². The van der Waals surface area contributed by atoms with Crippen molar-refractivity contribution in [3.63, 3.8) is 0 Å². The number of amides is 1. The first-order valence-corrected chi connectivity index (χ1v) is 7.54. The molecule has 1 aliphatic rings. The molecule has 6 heteroatoms. The lowest BCUT2D eigenvalue weighted by atomic mass is 9.95. The van der Waals surface area contributed by atoms with Crippen molar-refractivity contribution in [1.82, 2.24) is 0 Å². The zero-order chi connectivity index (χ0) is 14.5. The van der Waals surface area contributed by atoms with Crippen LogP contribution in [0.15, 0.2) is 29.2 Å². The van der Waals surface area contributed by atoms with Gasteiger partial charge in [-0.15, -0.1) is 0 Å². The summed E-state index contributed by atoms with van der Waals surface area (Å²) in [6.45, 7) is 0.530. The fraction of sp³-hybridized carbons (Fsp3) is 0.500. The van der Waals surface area contributed by atoms with Crippen LogP contribution >= 0.6 is 11.8 Å². The SMILES string of the molecule is NCC1CCCC1C(=O)Nc1ccc(SC(F)F)cc1. The monoisotopic (exact) mass is 300 g/mol. The molecule has 2 unspecified atom stereocenters. The predicted octanol–water partition coefficient (Wildman–Crippen LogP) is 3.31. The first kappa shape index (κ1) is 15.3. The maximum Gasteiger partial charge on any atom is 0.288 e. The Morgan fingerprint density at radius 3 is 2.65 bits per heavy atom. The van der Waals surface area contributed by atoms with Gasteiger partial charge in [-0.25, -0.2) is 0 Å². The highest BCUT2D eigenvalue weighted by Gasteiger charge is 2.31. The van der Waals surface area contributed by atoms with Crippen LogP contribution in [0.4, 0.5) is 14.5 Å². The lowest BCUT2D eigenvalue weighted by molar-refractivity contribution is -0.120. The van der Waals surface area contributed by atoms with Crippen molar-refractivity contribution in [3.05, 3.63) is 24.3 Å². The molecule has 0 aromatic heterocycles. The summed E-state index contributed by atoms with van der Waals surface area (Å²) in [6.07, 6.45) is 2.90. The topological polar surface area (TPSA) is 55.1 Å². The molecule has 110 valence electrons. The number of hydrogen-bond donors (Lipinski definition) is 2. The maximum atomic E-state index is 12.2. The first-order chi connectivity index (χ1) is 9.60. The van der Waals surface area contributed by atoms with Gasteiger partial charge in [0.05, 0.1) is 0 Å². The molecule has 2 rings (SSSR count). The highest BCUT2D eigenvalue weighted by molar-refractivity contribution is 7.99. The van der Waals surface area contributed by atoms with Gasteiger partial charge < -0.3 is 11.1 Å². The van der Waals surface area contributed by atoms with Crippen molar-refractivity contribution < 1.29 is 13.6 Å². The Morgan fingerprint density at radius 1 is 1.35 bits per heavy atom. The van der Waals surface area contributed by atoms with Crippen molar-refractivity contribution in [3.8, 4) is 0 Å². The highest BCUT2D eigenvalue weighted by Crippen LogP contribution is 2.32. The van der Waals surface area contributed by atoms with Gasteiger partial charge in [0.25, 0.3) is 5.76 Å². The zero-order valence-corrected chi connectivity index (χ0v) is 11.8. The zero-order valence-electron chi connectivity index (χ0n) is 11.0. The van der Waals surface area contributed by atoms with Gasteiger partial charge in [-0.05, 0) is 49.6 Å². The van der Waals surface area contributed by atoms with E-state index in [9.17, 15) is 13.6 Å². The minimum Gasteiger partial charge on any atom is -0.330 e. The van der Waals surface area contributed by atoms with Gasteiger partial charge in [-0.1, -0.05) is 18.2 Å². The van der Waals surface area contributed by atoms with Gasteiger partial charge in [0, 0.05) is 16.5 Å². The molecule has 0 aliphatic heterocycles. The van der Waals surface area contributed by atoms with Crippen LogP contribution in [0.25, 0.3) is 0 Å². The molecule has 0 spiro atoms. The fourth-order valence-corrected chi connectivity index (χ4v) is 3.12. The predicted molar refractivity (Wildman–Crippen MR) is 76.8 cm³/mol. The average molecular weight is 300 g/mol. The Morgan fingerprint density at radius 2 is 2.05 bits per heavy atom. The van der Waals surface area contributed by atoms with Crippen LogP contribution in [0.5, 0.6) is 0 Å². The molecule has 0 bridgehead atoms. The Labute approximate surface area is 121 Å². The average Bonchev–Trinajstić information content (AvgIpc) is 2.89. The summed E-state index contributed by atoms with van der Waals surface area (Å²) in [5.74, 6) is -2.23. The normalized spacial score (nSPS) is 22.2. The minimum absolute atomic E-state index is 0.0211. The Kier molecular flexibility index (Phi) is 5.37. The third kappa shape index (κ3) is 3.93. The number of hydrogen-bond acceptors (Lipinski definition) is 3. The van der Waals surface area contributed by atoms with Gasteiger partial charge in [-0.3, -0.25) is 4.79 Å². The number of halogens is 2. The fourth-order valence-electron chi connectivity index (χ4n) is 2.62. The van der Waals surface area contributed by atoms with Crippen molar-refractivity contribution >= 4 is 23.4 Å². The molecule has 1 saturated carbocycles. The van der Waals surface area contributed by atoms with Gasteiger partial charge in [0.15, 0.2) is 0 Å². The van der Waals surface area contributed by atoms with E-state index in [1.165, 1.54) is 0 Å². The molecule has 0 heterocycles. The van der Waals surface area contributed by atoms with E-state index in [1.807, 2.05) is 0 Å². The van der Waals surface area contributed by atoms with Crippen molar-refractivity contribution in [1.29, 1.82) is 0 Å². The van der Waals surface area contributed by atoms with Crippen LogP contribution < -0.4 is 11.1 Å². The highest BCUT2D eigenvalue weighted by atomic mass is 32.2. The van der Waals surface area contributed by atoms with Crippen molar-refractivity contribution in [2.45, 2.75) is 29.9 Å². The van der Waals surface area contributed by atoms with Gasteiger partial charge >= 0.3 is 0 Å². The van der Waals surface area contributed by atoms with Gasteiger partial charge in [-0.2, -0.15) is 8.78 Å². The van der Waals surface area contributed by atoms with Crippen LogP contribution in [0.3, 0.4) is 0 Å². The minimum atomic E-state index is -2.43. The third-order valence-corrected chi connectivity index (χ3v) is 4.37. The third-order valence-electron chi connectivity index (χ3n) is 3.65. The molecule has 1 fully saturated rings. The summed E-state index contributed by atoms with van der Waals surface area (Å²) in [5, 5.41) is 2.84. The van der Waals surface area contributed by atoms with E-state index in [0.29, 0.717) is 28.9 Å². The lowest BCUT2D eigenvalue weighted by Crippen LogP contribution is -2.29. The van der Waals surface area contributed by atoms with E-state index >= 15 is 0 Å². The van der Waals surface area contributed by atoms with Crippen LogP contribution in [0.1, 0.15) is 19.3 Å². The molecular formula is C14H18F2N2OS. The summed E-state index contributed by atoms with van der Waals surface area (Å²) < 4.78 is 24.4. The number of alkyl halides is 2. The molecular weight excluding hydrogens is 282 g/mol. The Hall–Kier alpha value is -1.14. The van der Waals surface area contributed by atoms with Crippen LogP contribution in [-0.2, 0) is 4.79 Å². The maximum absolute atomic E-state index is 12.2. The largest absolute Gasteiger partial charge is 0.330 e. The van der Waals surface area contributed by atoms with Gasteiger partial charge in [0.1, 0.15) is 0 Å². The number of rotatable bonds is 5. The summed E-state index contributed by atoms with van der Waals surface area (Å²) in [7, 11) is 0. The quantitative estimate of drug-likeness (QED) is 0.820. The Bertz CT molecular complexity index is 453. The number of anilines is 1.